The molecule has 3 nitrogen and oxygen atoms in total. The van der Waals surface area contributed by atoms with E-state index in [0.717, 1.165) is 0 Å². The predicted octanol–water partition coefficient (Wildman–Crippen LogP) is 3.64. The van der Waals surface area contributed by atoms with Crippen molar-refractivity contribution in [3.05, 3.63) is 11.4 Å². The van der Waals surface area contributed by atoms with Crippen molar-refractivity contribution in [2.45, 2.75) is 58.2 Å². The minimum absolute atomic E-state index is 0.0376. The first kappa shape index (κ1) is 15.8. The van der Waals surface area contributed by atoms with Gasteiger partial charge in [-0.05, 0) is 6.42 Å². The second kappa shape index (κ2) is 4.72. The summed E-state index contributed by atoms with van der Waals surface area (Å²) in [4.78, 5) is 0. The van der Waals surface area contributed by atoms with Crippen molar-refractivity contribution in [3.63, 3.8) is 0 Å². The van der Waals surface area contributed by atoms with Crippen LogP contribution in [0.15, 0.2) is 0 Å². The molecule has 0 atom stereocenters. The van der Waals surface area contributed by atoms with Crippen molar-refractivity contribution in [1.82, 2.24) is 15.0 Å². The van der Waals surface area contributed by atoms with E-state index in [9.17, 15) is 22.0 Å². The van der Waals surface area contributed by atoms with Crippen molar-refractivity contribution >= 4 is 0 Å². The van der Waals surface area contributed by atoms with Gasteiger partial charge in [0.1, 0.15) is 5.69 Å². The lowest BCUT2D eigenvalue weighted by Crippen LogP contribution is -2.38. The maximum absolute atomic E-state index is 13.6. The van der Waals surface area contributed by atoms with E-state index in [2.05, 4.69) is 10.3 Å². The van der Waals surface area contributed by atoms with Gasteiger partial charge in [-0.2, -0.15) is 22.0 Å². The molecular weight excluding hydrogens is 269 g/mol. The van der Waals surface area contributed by atoms with Crippen LogP contribution in [0.4, 0.5) is 22.0 Å². The van der Waals surface area contributed by atoms with Crippen molar-refractivity contribution in [2.75, 3.05) is 0 Å². The molecule has 0 amide bonds. The predicted molar refractivity (Wildman–Crippen MR) is 59.0 cm³/mol. The zero-order valence-electron chi connectivity index (χ0n) is 11.1. The van der Waals surface area contributed by atoms with Gasteiger partial charge < -0.3 is 0 Å². The standard InChI is InChI=1S/C11H16F5N3/c1-5-6-19-8(10(12,13)11(14,15)16)7(17-18-19)9(2,3)4/h5-6H2,1-4H3. The monoisotopic (exact) mass is 285 g/mol. The fraction of sp³-hybridized carbons (Fsp3) is 0.818. The van der Waals surface area contributed by atoms with Crippen molar-refractivity contribution < 1.29 is 22.0 Å². The van der Waals surface area contributed by atoms with Gasteiger partial charge in [0, 0.05) is 12.0 Å². The molecule has 0 spiro atoms. The van der Waals surface area contributed by atoms with E-state index < -0.39 is 23.2 Å². The summed E-state index contributed by atoms with van der Waals surface area (Å²) < 4.78 is 65.6. The Kier molecular flexibility index (Phi) is 3.93. The molecule has 0 saturated heterocycles. The fourth-order valence-corrected chi connectivity index (χ4v) is 1.63. The molecule has 0 fully saturated rings. The van der Waals surface area contributed by atoms with Gasteiger partial charge >= 0.3 is 12.1 Å². The second-order valence-electron chi connectivity index (χ2n) is 5.33. The molecule has 8 heteroatoms. The van der Waals surface area contributed by atoms with Crippen LogP contribution in [-0.4, -0.2) is 21.2 Å². The Labute approximate surface area is 107 Å². The van der Waals surface area contributed by atoms with E-state index >= 15 is 0 Å². The van der Waals surface area contributed by atoms with Crippen LogP contribution in [0, 0.1) is 0 Å². The maximum atomic E-state index is 13.6. The minimum atomic E-state index is -5.67. The average Bonchev–Trinajstić information content (AvgIpc) is 2.60. The van der Waals surface area contributed by atoms with E-state index in [-0.39, 0.29) is 12.2 Å². The molecule has 1 aromatic rings. The van der Waals surface area contributed by atoms with Gasteiger partial charge in [-0.15, -0.1) is 5.10 Å². The minimum Gasteiger partial charge on any atom is -0.243 e. The first-order chi connectivity index (χ1) is 8.43. The molecule has 1 rings (SSSR count). The highest BCUT2D eigenvalue weighted by Crippen LogP contribution is 2.46. The van der Waals surface area contributed by atoms with Crippen LogP contribution in [0.25, 0.3) is 0 Å². The average molecular weight is 285 g/mol. The van der Waals surface area contributed by atoms with E-state index in [0.29, 0.717) is 11.1 Å². The van der Waals surface area contributed by atoms with Crippen LogP contribution >= 0.6 is 0 Å². The number of hydrogen-bond acceptors (Lipinski definition) is 2. The lowest BCUT2D eigenvalue weighted by atomic mass is 9.89. The van der Waals surface area contributed by atoms with Gasteiger partial charge in [0.05, 0.1) is 5.69 Å². The normalized spacial score (nSPS) is 13.9. The number of hydrogen-bond donors (Lipinski definition) is 0. The summed E-state index contributed by atoms with van der Waals surface area (Å²) in [6, 6.07) is 0. The largest absolute Gasteiger partial charge is 0.459 e. The molecular formula is C11H16F5N3. The van der Waals surface area contributed by atoms with Gasteiger partial charge in [0.15, 0.2) is 0 Å². The third kappa shape index (κ3) is 2.87. The summed E-state index contributed by atoms with van der Waals surface area (Å²) in [5, 5.41) is 6.96. The Bertz CT molecular complexity index is 442. The third-order valence-corrected chi connectivity index (χ3v) is 2.53. The zero-order chi connectivity index (χ0) is 15.1. The molecule has 1 heterocycles. The highest BCUT2D eigenvalue weighted by Gasteiger charge is 2.62. The van der Waals surface area contributed by atoms with Crippen molar-refractivity contribution in [1.29, 1.82) is 0 Å². The Morgan fingerprint density at radius 3 is 1.95 bits per heavy atom. The zero-order valence-corrected chi connectivity index (χ0v) is 11.1. The first-order valence-electron chi connectivity index (χ1n) is 5.82. The van der Waals surface area contributed by atoms with Crippen LogP contribution in [0.1, 0.15) is 45.5 Å². The number of aryl methyl sites for hydroxylation is 1. The molecule has 19 heavy (non-hydrogen) atoms. The lowest BCUT2D eigenvalue weighted by Gasteiger charge is -2.25. The summed E-state index contributed by atoms with van der Waals surface area (Å²) in [6.07, 6.45) is -5.28. The van der Waals surface area contributed by atoms with Crippen molar-refractivity contribution in [2.24, 2.45) is 0 Å². The Morgan fingerprint density at radius 2 is 1.58 bits per heavy atom. The number of rotatable bonds is 3. The Hall–Kier alpha value is -1.21. The molecule has 0 N–H and O–H groups in total. The molecule has 0 radical (unpaired) electrons. The number of aromatic nitrogens is 3. The van der Waals surface area contributed by atoms with Crippen LogP contribution in [0.3, 0.4) is 0 Å². The van der Waals surface area contributed by atoms with Crippen LogP contribution in [-0.2, 0) is 17.9 Å². The molecule has 0 aromatic carbocycles. The highest BCUT2D eigenvalue weighted by molar-refractivity contribution is 5.24. The van der Waals surface area contributed by atoms with Crippen LogP contribution < -0.4 is 0 Å². The van der Waals surface area contributed by atoms with Gasteiger partial charge in [0.2, 0.25) is 0 Å². The van der Waals surface area contributed by atoms with Gasteiger partial charge in [-0.25, -0.2) is 4.68 Å². The summed E-state index contributed by atoms with van der Waals surface area (Å²) in [6.45, 7) is 6.17. The smallest absolute Gasteiger partial charge is 0.243 e. The molecule has 0 saturated carbocycles. The number of nitrogens with zero attached hydrogens (tertiary/aromatic N) is 3. The second-order valence-corrected chi connectivity index (χ2v) is 5.33. The van der Waals surface area contributed by atoms with Crippen molar-refractivity contribution in [3.8, 4) is 0 Å². The maximum Gasteiger partial charge on any atom is 0.459 e. The number of alkyl halides is 5. The van der Waals surface area contributed by atoms with Gasteiger partial charge in [0.25, 0.3) is 0 Å². The SMILES string of the molecule is CCCn1nnc(C(C)(C)C)c1C(F)(F)C(F)(F)F. The first-order valence-corrected chi connectivity index (χ1v) is 5.82. The van der Waals surface area contributed by atoms with Crippen LogP contribution in [0.5, 0.6) is 0 Å². The molecule has 0 aliphatic rings. The quantitative estimate of drug-likeness (QED) is 0.794. The van der Waals surface area contributed by atoms with Gasteiger partial charge in [-0.1, -0.05) is 32.9 Å². The molecule has 0 unspecified atom stereocenters. The van der Waals surface area contributed by atoms with E-state index in [4.69, 9.17) is 0 Å². The van der Waals surface area contributed by atoms with E-state index in [1.807, 2.05) is 0 Å². The fourth-order valence-electron chi connectivity index (χ4n) is 1.63. The lowest BCUT2D eigenvalue weighted by molar-refractivity contribution is -0.292. The Morgan fingerprint density at radius 1 is 1.05 bits per heavy atom. The molecule has 0 bridgehead atoms. The van der Waals surface area contributed by atoms with Crippen LogP contribution in [0.2, 0.25) is 0 Å². The number of halogens is 5. The van der Waals surface area contributed by atoms with E-state index in [1.54, 1.807) is 6.92 Å². The third-order valence-electron chi connectivity index (χ3n) is 2.53. The molecule has 0 aliphatic heterocycles. The summed E-state index contributed by atoms with van der Waals surface area (Å²) in [7, 11) is 0. The highest BCUT2D eigenvalue weighted by atomic mass is 19.4. The molecule has 110 valence electrons. The summed E-state index contributed by atoms with van der Waals surface area (Å²) in [5.74, 6) is -4.96. The topological polar surface area (TPSA) is 30.7 Å². The summed E-state index contributed by atoms with van der Waals surface area (Å²) >= 11 is 0. The van der Waals surface area contributed by atoms with E-state index in [1.165, 1.54) is 20.8 Å². The Balaban J connectivity index is 3.50. The molecule has 0 aliphatic carbocycles. The summed E-state index contributed by atoms with van der Waals surface area (Å²) in [5.41, 5.74) is -2.44. The van der Waals surface area contributed by atoms with Gasteiger partial charge in [-0.3, -0.25) is 0 Å². The molecule has 1 aromatic heterocycles.